The average molecular weight is 390 g/mol. The number of benzene rings is 1. The molecule has 3 nitrogen and oxygen atoms in total. The maximum atomic E-state index is 12.0. The first-order chi connectivity index (χ1) is 8.56. The van der Waals surface area contributed by atoms with E-state index in [0.29, 0.717) is 25.3 Å². The molecule has 0 bridgehead atoms. The Morgan fingerprint density at radius 3 is 2.67 bits per heavy atom. The smallest absolute Gasteiger partial charge is 0.256 e. The molecule has 0 saturated heterocycles. The van der Waals surface area contributed by atoms with Gasteiger partial charge in [0.15, 0.2) is 0 Å². The Bertz CT molecular complexity index is 587. The number of nitrogens with one attached hydrogen (secondary N) is 1. The van der Waals surface area contributed by atoms with Crippen LogP contribution in [-0.4, -0.2) is 10.9 Å². The number of carbonyl (C=O) groups excluding carboxylic acids is 1. The summed E-state index contributed by atoms with van der Waals surface area (Å²) < 4.78 is 1.40. The maximum Gasteiger partial charge on any atom is 0.256 e. The van der Waals surface area contributed by atoms with E-state index in [1.165, 1.54) is 0 Å². The fourth-order valence-corrected chi connectivity index (χ4v) is 2.15. The van der Waals surface area contributed by atoms with Gasteiger partial charge in [-0.1, -0.05) is 11.6 Å². The van der Waals surface area contributed by atoms with Crippen LogP contribution in [0.25, 0.3) is 0 Å². The van der Waals surface area contributed by atoms with E-state index in [0.717, 1.165) is 0 Å². The van der Waals surface area contributed by atoms with Crippen LogP contribution >= 0.6 is 43.5 Å². The van der Waals surface area contributed by atoms with Gasteiger partial charge in [0.2, 0.25) is 0 Å². The van der Waals surface area contributed by atoms with E-state index in [9.17, 15) is 4.79 Å². The number of hydrogen-bond donors (Lipinski definition) is 1. The largest absolute Gasteiger partial charge is 0.321 e. The highest BCUT2D eigenvalue weighted by molar-refractivity contribution is 9.10. The summed E-state index contributed by atoms with van der Waals surface area (Å²) in [6.45, 7) is 0. The predicted octanol–water partition coefficient (Wildman–Crippen LogP) is 4.51. The second-order valence-corrected chi connectivity index (χ2v) is 5.55. The fourth-order valence-electron chi connectivity index (χ4n) is 1.32. The number of carbonyl (C=O) groups is 1. The van der Waals surface area contributed by atoms with Crippen molar-refractivity contribution in [1.29, 1.82) is 0 Å². The molecule has 1 heterocycles. The van der Waals surface area contributed by atoms with Gasteiger partial charge in [-0.05, 0) is 62.2 Å². The monoisotopic (exact) mass is 388 g/mol. The summed E-state index contributed by atoms with van der Waals surface area (Å²) in [4.78, 5) is 16.1. The summed E-state index contributed by atoms with van der Waals surface area (Å²) in [5, 5.41) is 3.25. The van der Waals surface area contributed by atoms with E-state index in [4.69, 9.17) is 11.6 Å². The molecular formula is C12H7Br2ClN2O. The fraction of sp³-hybridized carbons (Fsp3) is 0. The summed E-state index contributed by atoms with van der Waals surface area (Å²) in [5.41, 5.74) is 1.10. The van der Waals surface area contributed by atoms with Gasteiger partial charge in [0.1, 0.15) is 4.60 Å². The van der Waals surface area contributed by atoms with Crippen molar-refractivity contribution >= 4 is 55.1 Å². The zero-order valence-corrected chi connectivity index (χ0v) is 12.9. The number of nitrogens with zero attached hydrogens (tertiary/aromatic N) is 1. The second-order valence-electron chi connectivity index (χ2n) is 3.45. The van der Waals surface area contributed by atoms with Gasteiger partial charge in [-0.2, -0.15) is 0 Å². The Hall–Kier alpha value is -0.910. The van der Waals surface area contributed by atoms with Crippen LogP contribution in [0.3, 0.4) is 0 Å². The van der Waals surface area contributed by atoms with Crippen molar-refractivity contribution in [3.63, 3.8) is 0 Å². The SMILES string of the molecule is O=C(Nc1ccc(Br)nc1)c1cc(Cl)ccc1Br. The molecule has 6 heteroatoms. The molecule has 0 aliphatic heterocycles. The molecule has 2 rings (SSSR count). The van der Waals surface area contributed by atoms with Crippen LogP contribution in [0, 0.1) is 0 Å². The van der Waals surface area contributed by atoms with Gasteiger partial charge >= 0.3 is 0 Å². The van der Waals surface area contributed by atoms with Crippen molar-refractivity contribution in [2.24, 2.45) is 0 Å². The van der Waals surface area contributed by atoms with Crippen molar-refractivity contribution in [3.05, 3.63) is 56.2 Å². The molecule has 92 valence electrons. The van der Waals surface area contributed by atoms with Gasteiger partial charge in [-0.25, -0.2) is 4.98 Å². The molecule has 1 aromatic heterocycles. The maximum absolute atomic E-state index is 12.0. The highest BCUT2D eigenvalue weighted by atomic mass is 79.9. The highest BCUT2D eigenvalue weighted by Gasteiger charge is 2.11. The topological polar surface area (TPSA) is 42.0 Å². The average Bonchev–Trinajstić information content (AvgIpc) is 2.35. The first-order valence-corrected chi connectivity index (χ1v) is 6.90. The quantitative estimate of drug-likeness (QED) is 0.767. The van der Waals surface area contributed by atoms with Crippen LogP contribution in [0.4, 0.5) is 5.69 Å². The molecule has 0 aliphatic rings. The second kappa shape index (κ2) is 5.82. The minimum Gasteiger partial charge on any atom is -0.321 e. The van der Waals surface area contributed by atoms with Crippen molar-refractivity contribution < 1.29 is 4.79 Å². The van der Waals surface area contributed by atoms with Gasteiger partial charge in [-0.3, -0.25) is 4.79 Å². The molecule has 0 spiro atoms. The molecule has 0 atom stereocenters. The van der Waals surface area contributed by atoms with Crippen molar-refractivity contribution in [1.82, 2.24) is 4.98 Å². The van der Waals surface area contributed by atoms with E-state index in [1.54, 1.807) is 36.5 Å². The molecule has 1 aromatic carbocycles. The lowest BCUT2D eigenvalue weighted by Crippen LogP contribution is -2.12. The third-order valence-electron chi connectivity index (χ3n) is 2.16. The number of hydrogen-bond acceptors (Lipinski definition) is 2. The van der Waals surface area contributed by atoms with E-state index in [1.807, 2.05) is 0 Å². The van der Waals surface area contributed by atoms with Crippen molar-refractivity contribution in [2.75, 3.05) is 5.32 Å². The highest BCUT2D eigenvalue weighted by Crippen LogP contribution is 2.22. The van der Waals surface area contributed by atoms with Crippen molar-refractivity contribution in [3.8, 4) is 0 Å². The molecule has 18 heavy (non-hydrogen) atoms. The van der Waals surface area contributed by atoms with Crippen LogP contribution in [-0.2, 0) is 0 Å². The molecule has 0 unspecified atom stereocenters. The Kier molecular flexibility index (Phi) is 4.37. The van der Waals surface area contributed by atoms with Crippen LogP contribution in [0.2, 0.25) is 5.02 Å². The van der Waals surface area contributed by atoms with Crippen molar-refractivity contribution in [2.45, 2.75) is 0 Å². The third kappa shape index (κ3) is 3.31. The summed E-state index contributed by atoms with van der Waals surface area (Å²) in [5.74, 6) is -0.242. The Morgan fingerprint density at radius 1 is 1.22 bits per heavy atom. The molecule has 2 aromatic rings. The first-order valence-electron chi connectivity index (χ1n) is 4.94. The molecule has 1 amide bonds. The zero-order valence-electron chi connectivity index (χ0n) is 8.95. The van der Waals surface area contributed by atoms with Gasteiger partial charge in [0, 0.05) is 9.50 Å². The lowest BCUT2D eigenvalue weighted by Gasteiger charge is -2.07. The molecule has 0 saturated carbocycles. The van der Waals surface area contributed by atoms with Gasteiger partial charge in [0.25, 0.3) is 5.91 Å². The number of anilines is 1. The number of amides is 1. The normalized spacial score (nSPS) is 10.2. The van der Waals surface area contributed by atoms with Crippen LogP contribution in [0.5, 0.6) is 0 Å². The van der Waals surface area contributed by atoms with E-state index in [-0.39, 0.29) is 5.91 Å². The minimum atomic E-state index is -0.242. The summed E-state index contributed by atoms with van der Waals surface area (Å²) in [6.07, 6.45) is 1.57. The third-order valence-corrected chi connectivity index (χ3v) is 3.55. The Balaban J connectivity index is 2.21. The zero-order chi connectivity index (χ0) is 13.1. The van der Waals surface area contributed by atoms with Crippen LogP contribution < -0.4 is 5.32 Å². The lowest BCUT2D eigenvalue weighted by molar-refractivity contribution is 0.102. The van der Waals surface area contributed by atoms with Gasteiger partial charge < -0.3 is 5.32 Å². The van der Waals surface area contributed by atoms with Crippen LogP contribution in [0.1, 0.15) is 10.4 Å². The standard InChI is InChI=1S/C12H7Br2ClN2O/c13-10-3-1-7(15)5-9(10)12(18)17-8-2-4-11(14)16-6-8/h1-6H,(H,17,18). The molecule has 0 aliphatic carbocycles. The summed E-state index contributed by atoms with van der Waals surface area (Å²) in [7, 11) is 0. The molecule has 1 N–H and O–H groups in total. The number of aromatic nitrogens is 1. The molecule has 0 fully saturated rings. The molecular weight excluding hydrogens is 383 g/mol. The first kappa shape index (κ1) is 13.5. The lowest BCUT2D eigenvalue weighted by atomic mass is 10.2. The number of pyridine rings is 1. The van der Waals surface area contributed by atoms with Gasteiger partial charge in [-0.15, -0.1) is 0 Å². The summed E-state index contributed by atoms with van der Waals surface area (Å²) >= 11 is 12.4. The van der Waals surface area contributed by atoms with E-state index >= 15 is 0 Å². The number of rotatable bonds is 2. The van der Waals surface area contributed by atoms with Gasteiger partial charge in [0.05, 0.1) is 17.4 Å². The van der Waals surface area contributed by atoms with Crippen LogP contribution in [0.15, 0.2) is 45.6 Å². The van der Waals surface area contributed by atoms with E-state index < -0.39 is 0 Å². The number of halogens is 3. The molecule has 0 radical (unpaired) electrons. The summed E-state index contributed by atoms with van der Waals surface area (Å²) in [6, 6.07) is 8.56. The Morgan fingerprint density at radius 2 is 2.00 bits per heavy atom. The Labute approximate surface area is 126 Å². The predicted molar refractivity (Wildman–Crippen MR) is 79.0 cm³/mol. The minimum absolute atomic E-state index is 0.242. The van der Waals surface area contributed by atoms with E-state index in [2.05, 4.69) is 42.2 Å².